The van der Waals surface area contributed by atoms with Gasteiger partial charge in [-0.05, 0) is 13.0 Å². The highest BCUT2D eigenvalue weighted by molar-refractivity contribution is 7.99. The maximum atomic E-state index is 10.5. The van der Waals surface area contributed by atoms with Crippen LogP contribution < -0.4 is 0 Å². The zero-order chi connectivity index (χ0) is 10.7. The SMILES string of the molecule is Cc1cc(SC(C)CC(=O)O)n(C)n1. The van der Waals surface area contributed by atoms with Gasteiger partial charge in [0.05, 0.1) is 17.1 Å². The third kappa shape index (κ3) is 3.06. The van der Waals surface area contributed by atoms with E-state index >= 15 is 0 Å². The number of nitrogens with zero attached hydrogens (tertiary/aromatic N) is 2. The predicted molar refractivity (Wildman–Crippen MR) is 55.5 cm³/mol. The summed E-state index contributed by atoms with van der Waals surface area (Å²) >= 11 is 1.54. The second-order valence-electron chi connectivity index (χ2n) is 3.27. The zero-order valence-electron chi connectivity index (χ0n) is 8.52. The average Bonchev–Trinajstić information content (AvgIpc) is 2.28. The molecule has 1 heterocycles. The van der Waals surface area contributed by atoms with E-state index in [1.807, 2.05) is 27.0 Å². The summed E-state index contributed by atoms with van der Waals surface area (Å²) in [6, 6.07) is 1.96. The summed E-state index contributed by atoms with van der Waals surface area (Å²) in [5.41, 5.74) is 0.956. The molecule has 14 heavy (non-hydrogen) atoms. The molecule has 0 aliphatic heterocycles. The third-order valence-electron chi connectivity index (χ3n) is 1.74. The highest BCUT2D eigenvalue weighted by Crippen LogP contribution is 2.25. The van der Waals surface area contributed by atoms with Crippen LogP contribution in [0.2, 0.25) is 0 Å². The normalized spacial score (nSPS) is 12.8. The van der Waals surface area contributed by atoms with Crippen molar-refractivity contribution in [1.29, 1.82) is 0 Å². The molecule has 1 aromatic heterocycles. The Morgan fingerprint density at radius 1 is 1.79 bits per heavy atom. The van der Waals surface area contributed by atoms with Gasteiger partial charge in [0.2, 0.25) is 0 Å². The number of hydrogen-bond acceptors (Lipinski definition) is 3. The number of carbonyl (C=O) groups is 1. The molecule has 0 aliphatic rings. The van der Waals surface area contributed by atoms with Crippen LogP contribution in [0.15, 0.2) is 11.1 Å². The minimum absolute atomic E-state index is 0.0716. The second-order valence-corrected chi connectivity index (χ2v) is 4.73. The average molecular weight is 214 g/mol. The van der Waals surface area contributed by atoms with Crippen LogP contribution in [-0.4, -0.2) is 26.1 Å². The maximum Gasteiger partial charge on any atom is 0.304 e. The molecule has 1 unspecified atom stereocenters. The molecule has 0 amide bonds. The van der Waals surface area contributed by atoms with Crippen molar-refractivity contribution in [2.75, 3.05) is 0 Å². The summed E-state index contributed by atoms with van der Waals surface area (Å²) in [6.07, 6.45) is 0.175. The fourth-order valence-corrected chi connectivity index (χ4v) is 2.26. The number of carboxylic acids is 1. The summed E-state index contributed by atoms with van der Waals surface area (Å²) in [5, 5.41) is 13.9. The lowest BCUT2D eigenvalue weighted by Gasteiger charge is -2.07. The first-order valence-corrected chi connectivity index (χ1v) is 5.26. The Labute approximate surface area is 87.3 Å². The first-order valence-electron chi connectivity index (χ1n) is 4.38. The molecule has 0 bridgehead atoms. The molecule has 0 spiro atoms. The Morgan fingerprint density at radius 2 is 2.43 bits per heavy atom. The highest BCUT2D eigenvalue weighted by Gasteiger charge is 2.11. The van der Waals surface area contributed by atoms with E-state index in [-0.39, 0.29) is 11.7 Å². The van der Waals surface area contributed by atoms with Crippen molar-refractivity contribution in [3.63, 3.8) is 0 Å². The van der Waals surface area contributed by atoms with Crippen molar-refractivity contribution in [1.82, 2.24) is 9.78 Å². The molecular formula is C9H14N2O2S. The van der Waals surface area contributed by atoms with E-state index in [1.165, 1.54) is 11.8 Å². The van der Waals surface area contributed by atoms with Crippen molar-refractivity contribution in [2.45, 2.75) is 30.5 Å². The quantitative estimate of drug-likeness (QED) is 0.775. The highest BCUT2D eigenvalue weighted by atomic mass is 32.2. The largest absolute Gasteiger partial charge is 0.481 e. The molecule has 0 radical (unpaired) electrons. The minimum atomic E-state index is -0.760. The lowest BCUT2D eigenvalue weighted by molar-refractivity contribution is -0.136. The molecular weight excluding hydrogens is 200 g/mol. The van der Waals surface area contributed by atoms with E-state index in [1.54, 1.807) is 4.68 Å². The van der Waals surface area contributed by atoms with E-state index in [0.717, 1.165) is 10.7 Å². The van der Waals surface area contributed by atoms with E-state index < -0.39 is 5.97 Å². The summed E-state index contributed by atoms with van der Waals surface area (Å²) in [6.45, 7) is 3.83. The first kappa shape index (κ1) is 11.1. The van der Waals surface area contributed by atoms with Gasteiger partial charge in [0.15, 0.2) is 0 Å². The number of carboxylic acid groups (broad SMARTS) is 1. The third-order valence-corrected chi connectivity index (χ3v) is 2.94. The maximum absolute atomic E-state index is 10.5. The lowest BCUT2D eigenvalue weighted by atomic mass is 10.3. The Kier molecular flexibility index (Phi) is 3.57. The van der Waals surface area contributed by atoms with Crippen LogP contribution >= 0.6 is 11.8 Å². The van der Waals surface area contributed by atoms with Crippen LogP contribution in [-0.2, 0) is 11.8 Å². The number of aromatic nitrogens is 2. The van der Waals surface area contributed by atoms with Crippen molar-refractivity contribution in [3.05, 3.63) is 11.8 Å². The molecule has 0 aromatic carbocycles. The van der Waals surface area contributed by atoms with Crippen LogP contribution in [0.3, 0.4) is 0 Å². The van der Waals surface area contributed by atoms with Gasteiger partial charge in [-0.15, -0.1) is 11.8 Å². The molecule has 0 saturated heterocycles. The van der Waals surface area contributed by atoms with Crippen molar-refractivity contribution in [2.24, 2.45) is 7.05 Å². The minimum Gasteiger partial charge on any atom is -0.481 e. The smallest absolute Gasteiger partial charge is 0.304 e. The molecule has 1 N–H and O–H groups in total. The van der Waals surface area contributed by atoms with Gasteiger partial charge >= 0.3 is 5.97 Å². The van der Waals surface area contributed by atoms with E-state index in [9.17, 15) is 4.79 Å². The van der Waals surface area contributed by atoms with Gasteiger partial charge in [-0.1, -0.05) is 6.92 Å². The fourth-order valence-electron chi connectivity index (χ4n) is 1.19. The Morgan fingerprint density at radius 3 is 2.86 bits per heavy atom. The molecule has 5 heteroatoms. The van der Waals surface area contributed by atoms with Crippen molar-refractivity contribution < 1.29 is 9.90 Å². The summed E-state index contributed by atoms with van der Waals surface area (Å²) in [7, 11) is 1.86. The number of aryl methyl sites for hydroxylation is 2. The molecule has 1 atom stereocenters. The Balaban J connectivity index is 2.59. The molecule has 1 aromatic rings. The molecule has 0 saturated carbocycles. The summed E-state index contributed by atoms with van der Waals surface area (Å²) < 4.78 is 1.78. The molecule has 0 fully saturated rings. The number of thioether (sulfide) groups is 1. The molecule has 0 aliphatic carbocycles. The van der Waals surface area contributed by atoms with Crippen LogP contribution in [0.4, 0.5) is 0 Å². The van der Waals surface area contributed by atoms with Gasteiger partial charge in [-0.3, -0.25) is 9.48 Å². The van der Waals surface area contributed by atoms with Gasteiger partial charge in [0, 0.05) is 12.3 Å². The van der Waals surface area contributed by atoms with Crippen LogP contribution in [0.5, 0.6) is 0 Å². The van der Waals surface area contributed by atoms with Gasteiger partial charge in [-0.2, -0.15) is 5.10 Å². The Hall–Kier alpha value is -0.970. The van der Waals surface area contributed by atoms with Crippen LogP contribution in [0, 0.1) is 6.92 Å². The summed E-state index contributed by atoms with van der Waals surface area (Å²) in [4.78, 5) is 10.5. The van der Waals surface area contributed by atoms with Crippen LogP contribution in [0.25, 0.3) is 0 Å². The molecule has 4 nitrogen and oxygen atoms in total. The molecule has 1 rings (SSSR count). The molecule has 78 valence electrons. The lowest BCUT2D eigenvalue weighted by Crippen LogP contribution is -2.06. The zero-order valence-corrected chi connectivity index (χ0v) is 9.34. The van der Waals surface area contributed by atoms with Gasteiger partial charge < -0.3 is 5.11 Å². The standard InChI is InChI=1S/C9H14N2O2S/c1-6-4-8(11(3)10-6)14-7(2)5-9(12)13/h4,7H,5H2,1-3H3,(H,12,13). The Bertz CT molecular complexity index is 336. The number of rotatable bonds is 4. The number of aliphatic carboxylic acids is 1. The van der Waals surface area contributed by atoms with E-state index in [4.69, 9.17) is 5.11 Å². The monoisotopic (exact) mass is 214 g/mol. The van der Waals surface area contributed by atoms with E-state index in [0.29, 0.717) is 0 Å². The fraction of sp³-hybridized carbons (Fsp3) is 0.556. The van der Waals surface area contributed by atoms with Crippen molar-refractivity contribution >= 4 is 17.7 Å². The predicted octanol–water partition coefficient (Wildman–Crippen LogP) is 1.68. The van der Waals surface area contributed by atoms with Crippen molar-refractivity contribution in [3.8, 4) is 0 Å². The van der Waals surface area contributed by atoms with Gasteiger partial charge in [-0.25, -0.2) is 0 Å². The van der Waals surface area contributed by atoms with Gasteiger partial charge in [0.1, 0.15) is 0 Å². The first-order chi connectivity index (χ1) is 6.49. The van der Waals surface area contributed by atoms with Crippen LogP contribution in [0.1, 0.15) is 19.0 Å². The second kappa shape index (κ2) is 4.50. The van der Waals surface area contributed by atoms with E-state index in [2.05, 4.69) is 5.10 Å². The summed E-state index contributed by atoms with van der Waals surface area (Å²) in [5.74, 6) is -0.760. The topological polar surface area (TPSA) is 55.1 Å². The number of hydrogen-bond donors (Lipinski definition) is 1. The van der Waals surface area contributed by atoms with Gasteiger partial charge in [0.25, 0.3) is 0 Å².